The van der Waals surface area contributed by atoms with E-state index in [0.29, 0.717) is 25.1 Å². The number of ether oxygens (including phenoxy) is 1. The second kappa shape index (κ2) is 8.33. The average molecular weight is 374 g/mol. The van der Waals surface area contributed by atoms with Gasteiger partial charge in [0.25, 0.3) is 5.91 Å². The number of piperidine rings is 1. The van der Waals surface area contributed by atoms with Gasteiger partial charge in [-0.15, -0.1) is 11.3 Å². The maximum Gasteiger partial charge on any atom is 0.328 e. The standard InChI is InChI=1S/C19H22N2O4S/c1-25-19(24)17-11-13(22)8-9-21(17)18(23)15-6-2-3-7-16(15)20-12-14-5-4-10-26-14/h2-7,10,13,17,20,22H,8-9,11-12H2,1H3/t13-,17+/m0/s1. The first kappa shape index (κ1) is 18.4. The summed E-state index contributed by atoms with van der Waals surface area (Å²) in [5, 5.41) is 15.2. The van der Waals surface area contributed by atoms with Crippen molar-refractivity contribution in [2.75, 3.05) is 19.0 Å². The second-order valence-corrected chi connectivity index (χ2v) is 7.23. The van der Waals surface area contributed by atoms with Crippen LogP contribution in [0, 0.1) is 0 Å². The van der Waals surface area contributed by atoms with Gasteiger partial charge in [-0.2, -0.15) is 0 Å². The molecular weight excluding hydrogens is 352 g/mol. The summed E-state index contributed by atoms with van der Waals surface area (Å²) < 4.78 is 4.82. The summed E-state index contributed by atoms with van der Waals surface area (Å²) in [6, 6.07) is 10.5. The van der Waals surface area contributed by atoms with Crippen LogP contribution < -0.4 is 5.32 Å². The Morgan fingerprint density at radius 1 is 1.31 bits per heavy atom. The fourth-order valence-electron chi connectivity index (χ4n) is 3.12. The number of carbonyl (C=O) groups is 2. The van der Waals surface area contributed by atoms with E-state index in [9.17, 15) is 14.7 Å². The third-order valence-electron chi connectivity index (χ3n) is 4.50. The van der Waals surface area contributed by atoms with Gasteiger partial charge in [-0.3, -0.25) is 4.79 Å². The Morgan fingerprint density at radius 2 is 2.12 bits per heavy atom. The van der Waals surface area contributed by atoms with Crippen LogP contribution in [0.4, 0.5) is 5.69 Å². The van der Waals surface area contributed by atoms with Crippen molar-refractivity contribution in [3.63, 3.8) is 0 Å². The lowest BCUT2D eigenvalue weighted by atomic mass is 9.98. The highest BCUT2D eigenvalue weighted by molar-refractivity contribution is 7.09. The second-order valence-electron chi connectivity index (χ2n) is 6.19. The van der Waals surface area contributed by atoms with Crippen molar-refractivity contribution in [2.45, 2.75) is 31.5 Å². The van der Waals surface area contributed by atoms with Crippen LogP contribution in [0.25, 0.3) is 0 Å². The number of aliphatic hydroxyl groups is 1. The first-order chi connectivity index (χ1) is 12.6. The number of methoxy groups -OCH3 is 1. The molecule has 1 aromatic heterocycles. The minimum atomic E-state index is -0.762. The van der Waals surface area contributed by atoms with Crippen LogP contribution in [0.1, 0.15) is 28.1 Å². The highest BCUT2D eigenvalue weighted by Crippen LogP contribution is 2.25. The number of thiophene rings is 1. The molecule has 0 saturated carbocycles. The largest absolute Gasteiger partial charge is 0.467 e. The van der Waals surface area contributed by atoms with Gasteiger partial charge in [-0.05, 0) is 30.0 Å². The highest BCUT2D eigenvalue weighted by Gasteiger charge is 2.37. The van der Waals surface area contributed by atoms with Gasteiger partial charge in [0.2, 0.25) is 0 Å². The Balaban J connectivity index is 1.81. The first-order valence-electron chi connectivity index (χ1n) is 8.52. The van der Waals surface area contributed by atoms with Gasteiger partial charge in [0.1, 0.15) is 6.04 Å². The maximum atomic E-state index is 13.1. The molecule has 1 saturated heterocycles. The molecule has 1 fully saturated rings. The molecule has 0 aliphatic carbocycles. The molecule has 0 radical (unpaired) electrons. The lowest BCUT2D eigenvalue weighted by molar-refractivity contribution is -0.148. The van der Waals surface area contributed by atoms with E-state index >= 15 is 0 Å². The van der Waals surface area contributed by atoms with Gasteiger partial charge in [0, 0.05) is 30.1 Å². The van der Waals surface area contributed by atoms with Gasteiger partial charge in [0.15, 0.2) is 0 Å². The van der Waals surface area contributed by atoms with Crippen LogP contribution in [0.3, 0.4) is 0 Å². The van der Waals surface area contributed by atoms with Crippen LogP contribution >= 0.6 is 11.3 Å². The summed E-state index contributed by atoms with van der Waals surface area (Å²) in [5.74, 6) is -0.734. The third-order valence-corrected chi connectivity index (χ3v) is 5.38. The lowest BCUT2D eigenvalue weighted by Gasteiger charge is -2.36. The van der Waals surface area contributed by atoms with Gasteiger partial charge in [-0.1, -0.05) is 18.2 Å². The number of carbonyl (C=O) groups excluding carboxylic acids is 2. The molecule has 2 aromatic rings. The molecule has 1 aliphatic rings. The van der Waals surface area contributed by atoms with E-state index in [0.717, 1.165) is 5.69 Å². The number of nitrogens with one attached hydrogen (secondary N) is 1. The molecule has 3 rings (SSSR count). The molecule has 1 aliphatic heterocycles. The Bertz CT molecular complexity index is 763. The number of esters is 1. The number of benzene rings is 1. The predicted molar refractivity (Wildman–Crippen MR) is 100 cm³/mol. The average Bonchev–Trinajstić information content (AvgIpc) is 3.19. The molecule has 26 heavy (non-hydrogen) atoms. The van der Waals surface area contributed by atoms with E-state index in [-0.39, 0.29) is 12.3 Å². The van der Waals surface area contributed by atoms with Gasteiger partial charge in [-0.25, -0.2) is 4.79 Å². The molecule has 2 heterocycles. The fraction of sp³-hybridized carbons (Fsp3) is 0.368. The maximum absolute atomic E-state index is 13.1. The number of amides is 1. The molecular formula is C19H22N2O4S. The molecule has 1 amide bonds. The summed E-state index contributed by atoms with van der Waals surface area (Å²) >= 11 is 1.65. The van der Waals surface area contributed by atoms with E-state index in [1.807, 2.05) is 29.6 Å². The molecule has 138 valence electrons. The number of hydrogen-bond acceptors (Lipinski definition) is 6. The number of likely N-dealkylation sites (tertiary alicyclic amines) is 1. The van der Waals surface area contributed by atoms with Crippen LogP contribution in [0.2, 0.25) is 0 Å². The topological polar surface area (TPSA) is 78.9 Å². The Labute approximate surface area is 156 Å². The normalized spacial score (nSPS) is 19.8. The highest BCUT2D eigenvalue weighted by atomic mass is 32.1. The number of para-hydroxylation sites is 1. The monoisotopic (exact) mass is 374 g/mol. The molecule has 6 nitrogen and oxygen atoms in total. The molecule has 0 unspecified atom stereocenters. The van der Waals surface area contributed by atoms with Crippen molar-refractivity contribution in [3.8, 4) is 0 Å². The lowest BCUT2D eigenvalue weighted by Crippen LogP contribution is -2.51. The number of rotatable bonds is 5. The molecule has 7 heteroatoms. The number of aliphatic hydroxyl groups excluding tert-OH is 1. The summed E-state index contributed by atoms with van der Waals surface area (Å²) in [6.07, 6.45) is 0.0445. The van der Waals surface area contributed by atoms with E-state index in [1.54, 1.807) is 23.5 Å². The SMILES string of the molecule is COC(=O)[C@H]1C[C@@H](O)CCN1C(=O)c1ccccc1NCc1cccs1. The van der Waals surface area contributed by atoms with Crippen molar-refractivity contribution >= 4 is 28.9 Å². The van der Waals surface area contributed by atoms with E-state index in [4.69, 9.17) is 4.74 Å². The number of anilines is 1. The quantitative estimate of drug-likeness (QED) is 0.786. The minimum absolute atomic E-state index is 0.198. The first-order valence-corrected chi connectivity index (χ1v) is 9.40. The zero-order chi connectivity index (χ0) is 18.5. The van der Waals surface area contributed by atoms with Crippen LogP contribution in [0.15, 0.2) is 41.8 Å². The van der Waals surface area contributed by atoms with Gasteiger partial charge in [0.05, 0.1) is 18.8 Å². The van der Waals surface area contributed by atoms with Gasteiger partial charge < -0.3 is 20.1 Å². The van der Waals surface area contributed by atoms with Crippen molar-refractivity contribution in [2.24, 2.45) is 0 Å². The van der Waals surface area contributed by atoms with E-state index < -0.39 is 18.1 Å². The molecule has 0 spiro atoms. The van der Waals surface area contributed by atoms with Gasteiger partial charge >= 0.3 is 5.97 Å². The summed E-state index contributed by atoms with van der Waals surface area (Å²) in [7, 11) is 1.29. The zero-order valence-corrected chi connectivity index (χ0v) is 15.4. The molecule has 2 atom stereocenters. The zero-order valence-electron chi connectivity index (χ0n) is 14.6. The number of hydrogen-bond donors (Lipinski definition) is 2. The molecule has 2 N–H and O–H groups in total. The summed E-state index contributed by atoms with van der Waals surface area (Å²) in [4.78, 5) is 27.9. The number of nitrogens with zero attached hydrogens (tertiary/aromatic N) is 1. The van der Waals surface area contributed by atoms with Crippen molar-refractivity contribution in [1.29, 1.82) is 0 Å². The van der Waals surface area contributed by atoms with Crippen LogP contribution in [-0.2, 0) is 16.1 Å². The Hall–Kier alpha value is -2.38. The Morgan fingerprint density at radius 3 is 2.85 bits per heavy atom. The molecule has 0 bridgehead atoms. The van der Waals surface area contributed by atoms with Crippen LogP contribution in [-0.4, -0.2) is 47.7 Å². The van der Waals surface area contributed by atoms with Crippen molar-refractivity contribution < 1.29 is 19.4 Å². The summed E-state index contributed by atoms with van der Waals surface area (Å²) in [5.41, 5.74) is 1.23. The summed E-state index contributed by atoms with van der Waals surface area (Å²) in [6.45, 7) is 0.945. The van der Waals surface area contributed by atoms with E-state index in [2.05, 4.69) is 5.32 Å². The smallest absolute Gasteiger partial charge is 0.328 e. The Kier molecular flexibility index (Phi) is 5.90. The third kappa shape index (κ3) is 4.05. The van der Waals surface area contributed by atoms with Crippen LogP contribution in [0.5, 0.6) is 0 Å². The van der Waals surface area contributed by atoms with E-state index in [1.165, 1.54) is 16.9 Å². The predicted octanol–water partition coefficient (Wildman–Crippen LogP) is 2.50. The molecule has 1 aromatic carbocycles. The fourth-order valence-corrected chi connectivity index (χ4v) is 3.77. The minimum Gasteiger partial charge on any atom is -0.467 e. The van der Waals surface area contributed by atoms with Crippen molar-refractivity contribution in [3.05, 3.63) is 52.2 Å². The van der Waals surface area contributed by atoms with Crippen molar-refractivity contribution in [1.82, 2.24) is 4.90 Å².